The van der Waals surface area contributed by atoms with Crippen molar-refractivity contribution in [3.63, 3.8) is 0 Å². The first-order valence-electron chi connectivity index (χ1n) is 8.61. The molecule has 1 aliphatic rings. The number of hydrogen-bond donors (Lipinski definition) is 1. The Hall–Kier alpha value is -2.08. The minimum atomic E-state index is -1.38. The molecule has 138 valence electrons. The van der Waals surface area contributed by atoms with Crippen LogP contribution in [0.15, 0.2) is 30.3 Å². The molecule has 0 saturated carbocycles. The summed E-state index contributed by atoms with van der Waals surface area (Å²) in [5.74, 6) is -0.593. The average molecular weight is 349 g/mol. The van der Waals surface area contributed by atoms with Gasteiger partial charge in [0.2, 0.25) is 0 Å². The molecule has 2 rings (SSSR count). The summed E-state index contributed by atoms with van der Waals surface area (Å²) in [6, 6.07) is 9.31. The van der Waals surface area contributed by atoms with Gasteiger partial charge >= 0.3 is 12.1 Å². The molecule has 0 radical (unpaired) electrons. The molecule has 1 atom stereocenters. The number of nitrogens with zero attached hydrogens (tertiary/aromatic N) is 1. The van der Waals surface area contributed by atoms with Crippen molar-refractivity contribution in [3.8, 4) is 0 Å². The monoisotopic (exact) mass is 349 g/mol. The highest BCUT2D eigenvalue weighted by atomic mass is 16.6. The van der Waals surface area contributed by atoms with Crippen molar-refractivity contribution in [2.75, 3.05) is 13.2 Å². The molecule has 1 aromatic carbocycles. The van der Waals surface area contributed by atoms with Gasteiger partial charge < -0.3 is 14.6 Å². The van der Waals surface area contributed by atoms with E-state index in [0.717, 1.165) is 18.4 Å². The molecule has 25 heavy (non-hydrogen) atoms. The molecule has 1 unspecified atom stereocenters. The Morgan fingerprint density at radius 1 is 1.20 bits per heavy atom. The summed E-state index contributed by atoms with van der Waals surface area (Å²) in [6.45, 7) is 5.27. The fourth-order valence-corrected chi connectivity index (χ4v) is 2.92. The molecule has 1 N–H and O–H groups in total. The van der Waals surface area contributed by atoms with Gasteiger partial charge in [-0.1, -0.05) is 30.3 Å². The van der Waals surface area contributed by atoms with Gasteiger partial charge in [0.25, 0.3) is 0 Å². The molecule has 1 fully saturated rings. The van der Waals surface area contributed by atoms with Crippen molar-refractivity contribution in [1.82, 2.24) is 4.90 Å². The van der Waals surface area contributed by atoms with Gasteiger partial charge in [0.05, 0.1) is 6.61 Å². The maximum atomic E-state index is 12.8. The van der Waals surface area contributed by atoms with Crippen LogP contribution < -0.4 is 0 Å². The Kier molecular flexibility index (Phi) is 6.06. The molecule has 0 spiro atoms. The standard InChI is InChI=1S/C19H27NO5/c1-18(2,3)25-17(23)20-12-8-7-11-19(20,14-21)16(22)24-13-15-9-5-4-6-10-15/h4-6,9-10,21H,7-8,11-14H2,1-3H3. The molecule has 0 aliphatic carbocycles. The predicted octanol–water partition coefficient (Wildman–Crippen LogP) is 2.88. The summed E-state index contributed by atoms with van der Waals surface area (Å²) in [7, 11) is 0. The molecule has 6 nitrogen and oxygen atoms in total. The maximum absolute atomic E-state index is 12.8. The van der Waals surface area contributed by atoms with Gasteiger partial charge in [-0.05, 0) is 45.6 Å². The van der Waals surface area contributed by atoms with Crippen molar-refractivity contribution in [1.29, 1.82) is 0 Å². The summed E-state index contributed by atoms with van der Waals surface area (Å²) >= 11 is 0. The van der Waals surface area contributed by atoms with E-state index < -0.39 is 29.8 Å². The second-order valence-electron chi connectivity index (χ2n) is 7.34. The lowest BCUT2D eigenvalue weighted by Gasteiger charge is -2.43. The summed E-state index contributed by atoms with van der Waals surface area (Å²) in [4.78, 5) is 26.7. The zero-order valence-electron chi connectivity index (χ0n) is 15.2. The van der Waals surface area contributed by atoms with Crippen LogP contribution in [-0.2, 0) is 20.9 Å². The van der Waals surface area contributed by atoms with Crippen LogP contribution >= 0.6 is 0 Å². The summed E-state index contributed by atoms with van der Waals surface area (Å²) in [5.41, 5.74) is -1.21. The Morgan fingerprint density at radius 2 is 1.88 bits per heavy atom. The van der Waals surface area contributed by atoms with E-state index >= 15 is 0 Å². The first-order chi connectivity index (χ1) is 11.8. The number of aliphatic hydroxyl groups is 1. The van der Waals surface area contributed by atoms with Crippen molar-refractivity contribution in [2.45, 2.75) is 57.8 Å². The van der Waals surface area contributed by atoms with Crippen LogP contribution in [0.1, 0.15) is 45.6 Å². The van der Waals surface area contributed by atoms with Crippen LogP contribution in [0.25, 0.3) is 0 Å². The second kappa shape index (κ2) is 7.87. The van der Waals surface area contributed by atoms with Crippen molar-refractivity contribution < 1.29 is 24.2 Å². The second-order valence-corrected chi connectivity index (χ2v) is 7.34. The fraction of sp³-hybridized carbons (Fsp3) is 0.579. The molecule has 1 aliphatic heterocycles. The molecule has 1 aromatic rings. The highest BCUT2D eigenvalue weighted by Gasteiger charge is 2.50. The van der Waals surface area contributed by atoms with Gasteiger partial charge in [-0.15, -0.1) is 0 Å². The Balaban J connectivity index is 2.15. The van der Waals surface area contributed by atoms with E-state index in [2.05, 4.69) is 0 Å². The van der Waals surface area contributed by atoms with Crippen LogP contribution in [-0.4, -0.2) is 46.4 Å². The molecule has 1 heterocycles. The number of benzene rings is 1. The zero-order chi connectivity index (χ0) is 18.5. The van der Waals surface area contributed by atoms with Crippen molar-refractivity contribution in [2.24, 2.45) is 0 Å². The highest BCUT2D eigenvalue weighted by Crippen LogP contribution is 2.31. The average Bonchev–Trinajstić information content (AvgIpc) is 2.58. The largest absolute Gasteiger partial charge is 0.459 e. The van der Waals surface area contributed by atoms with Crippen LogP contribution in [0.3, 0.4) is 0 Å². The molecule has 6 heteroatoms. The lowest BCUT2D eigenvalue weighted by atomic mass is 9.87. The van der Waals surface area contributed by atoms with E-state index in [9.17, 15) is 14.7 Å². The molecular weight excluding hydrogens is 322 g/mol. The van der Waals surface area contributed by atoms with Gasteiger partial charge in [0, 0.05) is 6.54 Å². The zero-order valence-corrected chi connectivity index (χ0v) is 15.2. The van der Waals surface area contributed by atoms with Gasteiger partial charge in [0.1, 0.15) is 12.2 Å². The lowest BCUT2D eigenvalue weighted by Crippen LogP contribution is -2.62. The third-order valence-corrected chi connectivity index (χ3v) is 4.21. The Labute approximate surface area is 148 Å². The fourth-order valence-electron chi connectivity index (χ4n) is 2.92. The van der Waals surface area contributed by atoms with E-state index in [0.29, 0.717) is 13.0 Å². The molecular formula is C19H27NO5. The number of carbonyl (C=O) groups is 2. The van der Waals surface area contributed by atoms with Crippen molar-refractivity contribution in [3.05, 3.63) is 35.9 Å². The quantitative estimate of drug-likeness (QED) is 0.846. The van der Waals surface area contributed by atoms with E-state index in [4.69, 9.17) is 9.47 Å². The first-order valence-corrected chi connectivity index (χ1v) is 8.61. The van der Waals surface area contributed by atoms with E-state index in [1.54, 1.807) is 20.8 Å². The number of ether oxygens (including phenoxy) is 2. The van der Waals surface area contributed by atoms with Crippen LogP contribution in [0, 0.1) is 0 Å². The molecule has 1 amide bonds. The minimum Gasteiger partial charge on any atom is -0.459 e. The number of amides is 1. The van der Waals surface area contributed by atoms with Crippen LogP contribution in [0.2, 0.25) is 0 Å². The third kappa shape index (κ3) is 4.72. The number of carbonyl (C=O) groups excluding carboxylic acids is 2. The van der Waals surface area contributed by atoms with Gasteiger partial charge in [-0.25, -0.2) is 9.59 Å². The van der Waals surface area contributed by atoms with Crippen LogP contribution in [0.4, 0.5) is 4.79 Å². The number of likely N-dealkylation sites (tertiary alicyclic amines) is 1. The Bertz CT molecular complexity index is 596. The van der Waals surface area contributed by atoms with E-state index in [1.165, 1.54) is 4.90 Å². The Morgan fingerprint density at radius 3 is 2.48 bits per heavy atom. The maximum Gasteiger partial charge on any atom is 0.411 e. The third-order valence-electron chi connectivity index (χ3n) is 4.21. The SMILES string of the molecule is CC(C)(C)OC(=O)N1CCCCC1(CO)C(=O)OCc1ccccc1. The summed E-state index contributed by atoms with van der Waals surface area (Å²) in [5, 5.41) is 9.98. The predicted molar refractivity (Wildman–Crippen MR) is 92.8 cm³/mol. The normalized spacial score (nSPS) is 20.9. The molecule has 1 saturated heterocycles. The van der Waals surface area contributed by atoms with Gasteiger partial charge in [-0.3, -0.25) is 4.90 Å². The number of esters is 1. The summed E-state index contributed by atoms with van der Waals surface area (Å²) < 4.78 is 10.8. The number of hydrogen-bond acceptors (Lipinski definition) is 5. The van der Waals surface area contributed by atoms with Crippen LogP contribution in [0.5, 0.6) is 0 Å². The van der Waals surface area contributed by atoms with Gasteiger partial charge in [-0.2, -0.15) is 0 Å². The minimum absolute atomic E-state index is 0.101. The summed E-state index contributed by atoms with van der Waals surface area (Å²) in [6.07, 6.45) is 1.25. The number of piperidine rings is 1. The number of rotatable bonds is 4. The lowest BCUT2D eigenvalue weighted by molar-refractivity contribution is -0.165. The molecule has 0 aromatic heterocycles. The van der Waals surface area contributed by atoms with Gasteiger partial charge in [0.15, 0.2) is 5.54 Å². The molecule has 0 bridgehead atoms. The smallest absolute Gasteiger partial charge is 0.411 e. The highest BCUT2D eigenvalue weighted by molar-refractivity contribution is 5.86. The number of aliphatic hydroxyl groups excluding tert-OH is 1. The van der Waals surface area contributed by atoms with E-state index in [1.807, 2.05) is 30.3 Å². The van der Waals surface area contributed by atoms with Crippen molar-refractivity contribution >= 4 is 12.1 Å². The first kappa shape index (κ1) is 19.2. The topological polar surface area (TPSA) is 76.1 Å². The van der Waals surface area contributed by atoms with E-state index in [-0.39, 0.29) is 6.61 Å².